The summed E-state index contributed by atoms with van der Waals surface area (Å²) in [4.78, 5) is 12.1. The van der Waals surface area contributed by atoms with E-state index in [1.54, 1.807) is 24.3 Å². The Bertz CT molecular complexity index is 629. The van der Waals surface area contributed by atoms with Crippen molar-refractivity contribution < 1.29 is 17.9 Å². The maximum atomic E-state index is 12.1. The Kier molecular flexibility index (Phi) is 5.82. The first-order valence-electron chi connectivity index (χ1n) is 6.98. The lowest BCUT2D eigenvalue weighted by molar-refractivity contribution is -0.120. The van der Waals surface area contributed by atoms with Gasteiger partial charge in [-0.25, -0.2) is 8.42 Å². The largest absolute Gasteiger partial charge is 0.376 e. The summed E-state index contributed by atoms with van der Waals surface area (Å²) in [5.41, 5.74) is 0.442. The molecule has 0 bridgehead atoms. The number of benzene rings is 1. The molecular weight excluding hydrogens is 372 g/mol. The minimum atomic E-state index is -3.56. The Morgan fingerprint density at radius 2 is 2.18 bits per heavy atom. The molecule has 1 unspecified atom stereocenters. The number of para-hydroxylation sites is 1. The molecule has 1 heterocycles. The fourth-order valence-electron chi connectivity index (χ4n) is 2.25. The van der Waals surface area contributed by atoms with Gasteiger partial charge in [-0.05, 0) is 40.9 Å². The number of halogens is 1. The molecule has 1 fully saturated rings. The summed E-state index contributed by atoms with van der Waals surface area (Å²) in [6.45, 7) is 0.869. The molecule has 2 rings (SSSR count). The minimum Gasteiger partial charge on any atom is -0.376 e. The van der Waals surface area contributed by atoms with Crippen LogP contribution in [0.15, 0.2) is 28.7 Å². The lowest BCUT2D eigenvalue weighted by Crippen LogP contribution is -2.42. The number of nitrogens with zero attached hydrogens (tertiary/aromatic N) is 1. The third-order valence-electron chi connectivity index (χ3n) is 3.36. The van der Waals surface area contributed by atoms with Crippen molar-refractivity contribution in [2.75, 3.05) is 30.3 Å². The van der Waals surface area contributed by atoms with Crippen LogP contribution in [0.3, 0.4) is 0 Å². The monoisotopic (exact) mass is 390 g/mol. The molecule has 22 heavy (non-hydrogen) atoms. The van der Waals surface area contributed by atoms with Crippen molar-refractivity contribution in [3.63, 3.8) is 0 Å². The van der Waals surface area contributed by atoms with E-state index in [-0.39, 0.29) is 18.6 Å². The van der Waals surface area contributed by atoms with Crippen LogP contribution in [0.25, 0.3) is 0 Å². The molecule has 1 aromatic carbocycles. The van der Waals surface area contributed by atoms with E-state index in [4.69, 9.17) is 4.74 Å². The molecule has 1 aliphatic heterocycles. The summed E-state index contributed by atoms with van der Waals surface area (Å²) in [7, 11) is -3.56. The highest BCUT2D eigenvalue weighted by molar-refractivity contribution is 9.10. The minimum absolute atomic E-state index is 0.0269. The number of amides is 1. The summed E-state index contributed by atoms with van der Waals surface area (Å²) < 4.78 is 31.1. The molecule has 1 aromatic rings. The fourth-order valence-corrected chi connectivity index (χ4v) is 3.74. The Morgan fingerprint density at radius 1 is 1.45 bits per heavy atom. The Morgan fingerprint density at radius 3 is 2.77 bits per heavy atom. The van der Waals surface area contributed by atoms with Crippen LogP contribution < -0.4 is 9.62 Å². The van der Waals surface area contributed by atoms with Gasteiger partial charge in [0.2, 0.25) is 15.9 Å². The van der Waals surface area contributed by atoms with Crippen LogP contribution in [0.5, 0.6) is 0 Å². The topological polar surface area (TPSA) is 75.7 Å². The van der Waals surface area contributed by atoms with Crippen LogP contribution in [0.1, 0.15) is 12.8 Å². The maximum Gasteiger partial charge on any atom is 0.240 e. The molecule has 0 saturated carbocycles. The predicted octanol–water partition coefficient (Wildman–Crippen LogP) is 1.51. The predicted molar refractivity (Wildman–Crippen MR) is 88.3 cm³/mol. The molecule has 1 saturated heterocycles. The summed E-state index contributed by atoms with van der Waals surface area (Å²) in [6, 6.07) is 6.89. The average Bonchev–Trinajstić information content (AvgIpc) is 2.95. The van der Waals surface area contributed by atoms with E-state index >= 15 is 0 Å². The Balaban J connectivity index is 2.04. The van der Waals surface area contributed by atoms with Crippen LogP contribution in [0, 0.1) is 0 Å². The molecule has 1 amide bonds. The fraction of sp³-hybridized carbons (Fsp3) is 0.500. The van der Waals surface area contributed by atoms with Crippen molar-refractivity contribution in [2.24, 2.45) is 0 Å². The van der Waals surface area contributed by atoms with Gasteiger partial charge in [0.25, 0.3) is 0 Å². The normalized spacial score (nSPS) is 18.2. The standard InChI is InChI=1S/C14H19BrN2O4S/c1-22(19,20)17(13-7-3-2-6-12(13)15)10-14(18)16-9-11-5-4-8-21-11/h2-3,6-7,11H,4-5,8-10H2,1H3,(H,16,18). The first kappa shape index (κ1) is 17.2. The molecule has 1 aliphatic rings. The van der Waals surface area contributed by atoms with Crippen molar-refractivity contribution in [3.05, 3.63) is 28.7 Å². The number of sulfonamides is 1. The molecule has 0 radical (unpaired) electrons. The highest BCUT2D eigenvalue weighted by Gasteiger charge is 2.23. The zero-order chi connectivity index (χ0) is 16.2. The molecule has 1 atom stereocenters. The average molecular weight is 391 g/mol. The van der Waals surface area contributed by atoms with Crippen LogP contribution in [0.2, 0.25) is 0 Å². The number of rotatable bonds is 6. The van der Waals surface area contributed by atoms with Gasteiger partial charge in [-0.15, -0.1) is 0 Å². The lowest BCUT2D eigenvalue weighted by atomic mass is 10.2. The number of nitrogens with one attached hydrogen (secondary N) is 1. The summed E-state index contributed by atoms with van der Waals surface area (Å²) in [6.07, 6.45) is 3.02. The van der Waals surface area contributed by atoms with Gasteiger partial charge >= 0.3 is 0 Å². The second-order valence-electron chi connectivity index (χ2n) is 5.16. The highest BCUT2D eigenvalue weighted by Crippen LogP contribution is 2.27. The second-order valence-corrected chi connectivity index (χ2v) is 7.92. The SMILES string of the molecule is CS(=O)(=O)N(CC(=O)NCC1CCCO1)c1ccccc1Br. The van der Waals surface area contributed by atoms with Gasteiger partial charge in [-0.3, -0.25) is 9.10 Å². The van der Waals surface area contributed by atoms with Gasteiger partial charge in [0.05, 0.1) is 18.0 Å². The van der Waals surface area contributed by atoms with Gasteiger partial charge in [0, 0.05) is 17.6 Å². The van der Waals surface area contributed by atoms with E-state index < -0.39 is 10.0 Å². The summed E-state index contributed by atoms with van der Waals surface area (Å²) in [5.74, 6) is -0.350. The second kappa shape index (κ2) is 7.43. The molecular formula is C14H19BrN2O4S. The zero-order valence-corrected chi connectivity index (χ0v) is 14.7. The van der Waals surface area contributed by atoms with Gasteiger partial charge in [-0.1, -0.05) is 12.1 Å². The van der Waals surface area contributed by atoms with Crippen LogP contribution in [-0.2, 0) is 19.6 Å². The molecule has 0 aliphatic carbocycles. The first-order valence-corrected chi connectivity index (χ1v) is 9.62. The summed E-state index contributed by atoms with van der Waals surface area (Å²) in [5, 5.41) is 2.73. The van der Waals surface area contributed by atoms with Crippen LogP contribution in [-0.4, -0.2) is 46.4 Å². The number of ether oxygens (including phenoxy) is 1. The van der Waals surface area contributed by atoms with Gasteiger partial charge in [0.15, 0.2) is 0 Å². The molecule has 6 nitrogen and oxygen atoms in total. The van der Waals surface area contributed by atoms with Gasteiger partial charge in [0.1, 0.15) is 6.54 Å². The molecule has 122 valence electrons. The molecule has 1 N–H and O–H groups in total. The molecule has 8 heteroatoms. The Hall–Kier alpha value is -1.12. The third kappa shape index (κ3) is 4.69. The van der Waals surface area contributed by atoms with E-state index in [1.165, 1.54) is 0 Å². The zero-order valence-electron chi connectivity index (χ0n) is 12.3. The van der Waals surface area contributed by atoms with Crippen molar-refractivity contribution >= 4 is 37.5 Å². The number of carbonyl (C=O) groups is 1. The maximum absolute atomic E-state index is 12.1. The van der Waals surface area contributed by atoms with E-state index in [0.29, 0.717) is 23.3 Å². The Labute approximate surface area is 139 Å². The van der Waals surface area contributed by atoms with Crippen molar-refractivity contribution in [3.8, 4) is 0 Å². The number of anilines is 1. The molecule has 0 aromatic heterocycles. The molecule has 0 spiro atoms. The third-order valence-corrected chi connectivity index (χ3v) is 5.16. The first-order chi connectivity index (χ1) is 10.4. The van der Waals surface area contributed by atoms with Crippen molar-refractivity contribution in [1.29, 1.82) is 0 Å². The van der Waals surface area contributed by atoms with Crippen LogP contribution >= 0.6 is 15.9 Å². The van der Waals surface area contributed by atoms with E-state index in [2.05, 4.69) is 21.2 Å². The van der Waals surface area contributed by atoms with E-state index in [1.807, 2.05) is 0 Å². The highest BCUT2D eigenvalue weighted by atomic mass is 79.9. The van der Waals surface area contributed by atoms with E-state index in [0.717, 1.165) is 23.4 Å². The number of hydrogen-bond acceptors (Lipinski definition) is 4. The van der Waals surface area contributed by atoms with Gasteiger partial charge < -0.3 is 10.1 Å². The van der Waals surface area contributed by atoms with E-state index in [9.17, 15) is 13.2 Å². The lowest BCUT2D eigenvalue weighted by Gasteiger charge is -2.23. The number of hydrogen-bond donors (Lipinski definition) is 1. The van der Waals surface area contributed by atoms with Crippen molar-refractivity contribution in [1.82, 2.24) is 5.32 Å². The smallest absolute Gasteiger partial charge is 0.240 e. The van der Waals surface area contributed by atoms with Crippen molar-refractivity contribution in [2.45, 2.75) is 18.9 Å². The van der Waals surface area contributed by atoms with Crippen LogP contribution in [0.4, 0.5) is 5.69 Å². The number of carbonyl (C=O) groups excluding carboxylic acids is 1. The van der Waals surface area contributed by atoms with Gasteiger partial charge in [-0.2, -0.15) is 0 Å². The quantitative estimate of drug-likeness (QED) is 0.798. The summed E-state index contributed by atoms with van der Waals surface area (Å²) >= 11 is 3.31.